The summed E-state index contributed by atoms with van der Waals surface area (Å²) in [6.45, 7) is 0.488. The quantitative estimate of drug-likeness (QED) is 0.132. The fourth-order valence-corrected chi connectivity index (χ4v) is 7.98. The van der Waals surface area contributed by atoms with Gasteiger partial charge in [-0.3, -0.25) is 9.36 Å². The topological polar surface area (TPSA) is 166 Å². The van der Waals surface area contributed by atoms with Crippen LogP contribution in [0.15, 0.2) is 42.6 Å². The maximum absolute atomic E-state index is 14.2. The lowest BCUT2D eigenvalue weighted by Crippen LogP contribution is -2.29. The van der Waals surface area contributed by atoms with E-state index in [1.165, 1.54) is 43.4 Å². The highest BCUT2D eigenvalue weighted by Crippen LogP contribution is 2.61. The Morgan fingerprint density at radius 1 is 0.980 bits per heavy atom. The van der Waals surface area contributed by atoms with Gasteiger partial charge >= 0.3 is 13.8 Å². The number of hydrogen-bond donors (Lipinski definition) is 5. The molecule has 0 atom stereocenters. The standard InChI is InChI=1S/C33H41F3N5O7P/c1-41-19-25-24(20-4-10-23(42)11-5-20)12-13-27(28(25)30(41)43)39-29-26(33(34,35)36)18-37-31(40-29)38-22-8-6-21(7-9-22)32(14-16-47-2,15-17-48-3)49(44,45)46/h6-9,12-13,18,20,23,42H,4-5,10-11,14-17,19H2,1-3H3,(H2,44,45,46)(H2,37,38,39,40)/t20-,23-. The first kappa shape index (κ1) is 36.7. The number of hydrogen-bond acceptors (Lipinski definition) is 9. The fraction of sp³-hybridized carbons (Fsp3) is 0.485. The third-order valence-corrected chi connectivity index (χ3v) is 11.3. The summed E-state index contributed by atoms with van der Waals surface area (Å²) < 4.78 is 65.6. The van der Waals surface area contributed by atoms with Gasteiger partial charge in [0.15, 0.2) is 0 Å². The second kappa shape index (κ2) is 14.7. The van der Waals surface area contributed by atoms with Crippen LogP contribution < -0.4 is 10.6 Å². The molecule has 12 nitrogen and oxygen atoms in total. The number of halogens is 3. The highest BCUT2D eigenvalue weighted by atomic mass is 31.2. The van der Waals surface area contributed by atoms with Crippen molar-refractivity contribution in [1.82, 2.24) is 14.9 Å². The van der Waals surface area contributed by atoms with Crippen LogP contribution in [0.4, 0.5) is 36.3 Å². The number of fused-ring (bicyclic) bond motifs is 1. The minimum Gasteiger partial charge on any atom is -0.393 e. The minimum atomic E-state index is -4.81. The molecule has 5 rings (SSSR count). The van der Waals surface area contributed by atoms with Crippen molar-refractivity contribution < 1.29 is 46.9 Å². The molecule has 1 amide bonds. The second-order valence-corrected chi connectivity index (χ2v) is 14.5. The molecule has 0 saturated heterocycles. The molecule has 1 aromatic heterocycles. The van der Waals surface area contributed by atoms with E-state index >= 15 is 0 Å². The average molecular weight is 708 g/mol. The zero-order chi connectivity index (χ0) is 35.6. The highest BCUT2D eigenvalue weighted by molar-refractivity contribution is 7.53. The Labute approximate surface area is 282 Å². The van der Waals surface area contributed by atoms with E-state index in [1.54, 1.807) is 13.1 Å². The number of nitrogens with one attached hydrogen (secondary N) is 2. The van der Waals surface area contributed by atoms with Crippen molar-refractivity contribution in [2.75, 3.05) is 45.1 Å². The summed E-state index contributed by atoms with van der Waals surface area (Å²) in [7, 11) is -0.210. The number of anilines is 4. The molecular weight excluding hydrogens is 666 g/mol. The van der Waals surface area contributed by atoms with Crippen molar-refractivity contribution in [3.63, 3.8) is 0 Å². The maximum atomic E-state index is 14.2. The Kier molecular flexibility index (Phi) is 11.0. The van der Waals surface area contributed by atoms with E-state index in [1.807, 2.05) is 6.07 Å². The van der Waals surface area contributed by atoms with Gasteiger partial charge < -0.3 is 39.9 Å². The van der Waals surface area contributed by atoms with Crippen LogP contribution in [0.2, 0.25) is 0 Å². The zero-order valence-corrected chi connectivity index (χ0v) is 28.4. The van der Waals surface area contributed by atoms with Crippen LogP contribution in [0, 0.1) is 0 Å². The van der Waals surface area contributed by atoms with Crippen molar-refractivity contribution >= 4 is 36.6 Å². The van der Waals surface area contributed by atoms with Crippen LogP contribution in [-0.2, 0) is 31.9 Å². The fourth-order valence-electron chi connectivity index (χ4n) is 6.73. The first-order valence-electron chi connectivity index (χ1n) is 15.9. The number of ether oxygens (including phenoxy) is 2. The van der Waals surface area contributed by atoms with Gasteiger partial charge in [-0.2, -0.15) is 18.2 Å². The molecule has 3 aromatic rings. The summed E-state index contributed by atoms with van der Waals surface area (Å²) in [6, 6.07) is 9.54. The Balaban J connectivity index is 1.46. The molecule has 0 unspecified atom stereocenters. The van der Waals surface area contributed by atoms with Gasteiger partial charge in [-0.1, -0.05) is 18.2 Å². The van der Waals surface area contributed by atoms with Crippen LogP contribution in [-0.4, -0.2) is 76.3 Å². The van der Waals surface area contributed by atoms with Crippen LogP contribution >= 0.6 is 7.60 Å². The van der Waals surface area contributed by atoms with Gasteiger partial charge in [-0.05, 0) is 79.3 Å². The number of aliphatic hydroxyl groups excluding tert-OH is 1. The normalized spacial score (nSPS) is 18.5. The Bertz CT molecular complexity index is 1690. The molecule has 2 aliphatic rings. The number of methoxy groups -OCH3 is 2. The number of carbonyl (C=O) groups excluding carboxylic acids is 1. The van der Waals surface area contributed by atoms with Gasteiger partial charge in [0.25, 0.3) is 5.91 Å². The van der Waals surface area contributed by atoms with E-state index < -0.39 is 30.3 Å². The lowest BCUT2D eigenvalue weighted by molar-refractivity contribution is -0.137. The van der Waals surface area contributed by atoms with Crippen LogP contribution in [0.1, 0.15) is 77.1 Å². The van der Waals surface area contributed by atoms with Gasteiger partial charge in [0.2, 0.25) is 5.95 Å². The van der Waals surface area contributed by atoms with Gasteiger partial charge in [0, 0.05) is 52.9 Å². The highest BCUT2D eigenvalue weighted by Gasteiger charge is 2.47. The van der Waals surface area contributed by atoms with Crippen LogP contribution in [0.3, 0.4) is 0 Å². The first-order chi connectivity index (χ1) is 23.2. The molecule has 1 aliphatic carbocycles. The molecule has 2 aromatic carbocycles. The van der Waals surface area contributed by atoms with Gasteiger partial charge in [0.05, 0.1) is 17.4 Å². The van der Waals surface area contributed by atoms with Crippen molar-refractivity contribution in [2.24, 2.45) is 0 Å². The van der Waals surface area contributed by atoms with Gasteiger partial charge in [-0.15, -0.1) is 0 Å². The summed E-state index contributed by atoms with van der Waals surface area (Å²) in [4.78, 5) is 43.6. The van der Waals surface area contributed by atoms with Crippen molar-refractivity contribution in [3.05, 3.63) is 70.4 Å². The predicted octanol–water partition coefficient (Wildman–Crippen LogP) is 6.03. The molecule has 0 spiro atoms. The monoisotopic (exact) mass is 707 g/mol. The minimum absolute atomic E-state index is 0.0215. The van der Waals surface area contributed by atoms with Crippen molar-refractivity contribution in [1.29, 1.82) is 0 Å². The Morgan fingerprint density at radius 2 is 1.61 bits per heavy atom. The van der Waals surface area contributed by atoms with Crippen molar-refractivity contribution in [2.45, 2.75) is 68.4 Å². The van der Waals surface area contributed by atoms with E-state index in [4.69, 9.17) is 9.47 Å². The van der Waals surface area contributed by atoms with Gasteiger partial charge in [0.1, 0.15) is 16.5 Å². The largest absolute Gasteiger partial charge is 0.421 e. The van der Waals surface area contributed by atoms with E-state index in [2.05, 4.69) is 20.6 Å². The molecular formula is C33H41F3N5O7P. The summed E-state index contributed by atoms with van der Waals surface area (Å²) in [5.74, 6) is -0.928. The number of amides is 1. The summed E-state index contributed by atoms with van der Waals surface area (Å²) in [5, 5.41) is 14.0. The summed E-state index contributed by atoms with van der Waals surface area (Å²) in [6.07, 6.45) is -1.70. The number of aliphatic hydroxyl groups is 1. The number of alkyl halides is 3. The van der Waals surface area contributed by atoms with E-state index in [9.17, 15) is 37.4 Å². The zero-order valence-electron chi connectivity index (χ0n) is 27.5. The number of carbonyl (C=O) groups is 1. The Morgan fingerprint density at radius 3 is 2.18 bits per heavy atom. The number of rotatable bonds is 13. The van der Waals surface area contributed by atoms with Crippen molar-refractivity contribution in [3.8, 4) is 0 Å². The average Bonchev–Trinajstić information content (AvgIpc) is 3.35. The SMILES string of the molecule is COCCC(CCOC)(c1ccc(Nc2ncc(C(F)(F)F)c(Nc3ccc([C@H]4CC[C@H](O)CC4)c4c3C(=O)N(C)C4)n2)cc1)P(=O)(O)O. The van der Waals surface area contributed by atoms with Gasteiger partial charge in [-0.25, -0.2) is 4.98 Å². The predicted molar refractivity (Wildman–Crippen MR) is 176 cm³/mol. The van der Waals surface area contributed by atoms with E-state index in [0.29, 0.717) is 42.4 Å². The first-order valence-corrected chi connectivity index (χ1v) is 17.5. The molecule has 1 fully saturated rings. The molecule has 0 radical (unpaired) electrons. The van der Waals surface area contributed by atoms with Crippen LogP contribution in [0.25, 0.3) is 0 Å². The third-order valence-electron chi connectivity index (χ3n) is 9.46. The molecule has 2 heterocycles. The molecule has 16 heteroatoms. The lowest BCUT2D eigenvalue weighted by atomic mass is 9.80. The number of nitrogens with zero attached hydrogens (tertiary/aromatic N) is 3. The van der Waals surface area contributed by atoms with E-state index in [0.717, 1.165) is 24.0 Å². The van der Waals surface area contributed by atoms with E-state index in [-0.39, 0.29) is 55.6 Å². The molecule has 0 bridgehead atoms. The summed E-state index contributed by atoms with van der Waals surface area (Å²) in [5.41, 5.74) is 1.75. The summed E-state index contributed by atoms with van der Waals surface area (Å²) >= 11 is 0. The Hall–Kier alpha value is -3.59. The molecule has 49 heavy (non-hydrogen) atoms. The smallest absolute Gasteiger partial charge is 0.393 e. The molecule has 1 aliphatic heterocycles. The maximum Gasteiger partial charge on any atom is 0.421 e. The molecule has 1 saturated carbocycles. The number of benzene rings is 2. The second-order valence-electron chi connectivity index (χ2n) is 12.6. The van der Waals surface area contributed by atoms with Crippen LogP contribution in [0.5, 0.6) is 0 Å². The lowest BCUT2D eigenvalue weighted by Gasteiger charge is -2.34. The number of aromatic nitrogens is 2. The molecule has 5 N–H and O–H groups in total. The molecule has 266 valence electrons. The third kappa shape index (κ3) is 7.77.